The Kier molecular flexibility index (Phi) is 2.67. The maximum atomic E-state index is 4.29. The van der Waals surface area contributed by atoms with Crippen LogP contribution in [0.3, 0.4) is 0 Å². The van der Waals surface area contributed by atoms with Crippen molar-refractivity contribution in [1.82, 2.24) is 19.9 Å². The van der Waals surface area contributed by atoms with Crippen LogP contribution in [-0.2, 0) is 0 Å². The number of rotatable bonds is 2. The average Bonchev–Trinajstić information content (AvgIpc) is 2.61. The summed E-state index contributed by atoms with van der Waals surface area (Å²) in [6.07, 6.45) is 0. The highest BCUT2D eigenvalue weighted by molar-refractivity contribution is 9.10. The second-order valence-corrected chi connectivity index (χ2v) is 5.48. The summed E-state index contributed by atoms with van der Waals surface area (Å²) in [5.74, 6) is 0. The zero-order valence-electron chi connectivity index (χ0n) is 10.0. The number of aryl methyl sites for hydroxylation is 1. The SMILES string of the molecule is CCN1CC(n2nnc3cc(C)c(Br)cc32)C1. The molecule has 1 aliphatic heterocycles. The minimum Gasteiger partial charge on any atom is -0.299 e. The van der Waals surface area contributed by atoms with Gasteiger partial charge in [-0.15, -0.1) is 5.10 Å². The van der Waals surface area contributed by atoms with Crippen LogP contribution in [0.4, 0.5) is 0 Å². The second-order valence-electron chi connectivity index (χ2n) is 4.63. The Morgan fingerprint density at radius 1 is 1.41 bits per heavy atom. The third-order valence-electron chi connectivity index (χ3n) is 3.48. The first-order valence-corrected chi connectivity index (χ1v) is 6.71. The maximum Gasteiger partial charge on any atom is 0.113 e. The summed E-state index contributed by atoms with van der Waals surface area (Å²) in [7, 11) is 0. The summed E-state index contributed by atoms with van der Waals surface area (Å²) in [6, 6.07) is 4.69. The summed E-state index contributed by atoms with van der Waals surface area (Å²) in [6.45, 7) is 7.55. The van der Waals surface area contributed by atoms with E-state index >= 15 is 0 Å². The molecule has 17 heavy (non-hydrogen) atoms. The molecule has 0 aliphatic carbocycles. The lowest BCUT2D eigenvalue weighted by Crippen LogP contribution is -2.47. The normalized spacial score (nSPS) is 17.6. The van der Waals surface area contributed by atoms with E-state index in [-0.39, 0.29) is 0 Å². The number of fused-ring (bicyclic) bond motifs is 1. The van der Waals surface area contributed by atoms with E-state index in [0.29, 0.717) is 6.04 Å². The van der Waals surface area contributed by atoms with Gasteiger partial charge in [0, 0.05) is 17.6 Å². The molecule has 0 amide bonds. The van der Waals surface area contributed by atoms with Crippen molar-refractivity contribution in [1.29, 1.82) is 0 Å². The van der Waals surface area contributed by atoms with Gasteiger partial charge < -0.3 is 0 Å². The first-order valence-electron chi connectivity index (χ1n) is 5.92. The highest BCUT2D eigenvalue weighted by atomic mass is 79.9. The van der Waals surface area contributed by atoms with Crippen LogP contribution in [0.15, 0.2) is 16.6 Å². The monoisotopic (exact) mass is 294 g/mol. The van der Waals surface area contributed by atoms with Crippen LogP contribution in [0.2, 0.25) is 0 Å². The Labute approximate surface area is 109 Å². The Morgan fingerprint density at radius 3 is 2.88 bits per heavy atom. The van der Waals surface area contributed by atoms with Crippen molar-refractivity contribution in [3.05, 3.63) is 22.2 Å². The molecule has 1 fully saturated rings. The van der Waals surface area contributed by atoms with Gasteiger partial charge in [-0.1, -0.05) is 28.1 Å². The molecule has 4 nitrogen and oxygen atoms in total. The number of nitrogens with zero attached hydrogens (tertiary/aromatic N) is 4. The van der Waals surface area contributed by atoms with Gasteiger partial charge in [0.1, 0.15) is 5.52 Å². The topological polar surface area (TPSA) is 34.0 Å². The first-order chi connectivity index (χ1) is 8.19. The summed E-state index contributed by atoms with van der Waals surface area (Å²) >= 11 is 3.57. The molecular weight excluding hydrogens is 280 g/mol. The van der Waals surface area contributed by atoms with E-state index in [1.807, 2.05) is 0 Å². The molecule has 1 aliphatic rings. The standard InChI is InChI=1S/C12H15BrN4/c1-3-16-6-9(7-16)17-12-5-10(13)8(2)4-11(12)14-15-17/h4-5,9H,3,6-7H2,1-2H3. The van der Waals surface area contributed by atoms with E-state index in [4.69, 9.17) is 0 Å². The van der Waals surface area contributed by atoms with Gasteiger partial charge in [-0.3, -0.25) is 4.90 Å². The fourth-order valence-electron chi connectivity index (χ4n) is 2.29. The maximum absolute atomic E-state index is 4.29. The van der Waals surface area contributed by atoms with Crippen molar-refractivity contribution in [3.8, 4) is 0 Å². The summed E-state index contributed by atoms with van der Waals surface area (Å²) in [5, 5.41) is 8.54. The molecule has 0 saturated carbocycles. The van der Waals surface area contributed by atoms with E-state index in [1.165, 1.54) is 5.56 Å². The quantitative estimate of drug-likeness (QED) is 0.853. The molecule has 0 atom stereocenters. The first kappa shape index (κ1) is 11.2. The van der Waals surface area contributed by atoms with Gasteiger partial charge in [0.2, 0.25) is 0 Å². The molecule has 5 heteroatoms. The van der Waals surface area contributed by atoms with Crippen molar-refractivity contribution in [2.75, 3.05) is 19.6 Å². The van der Waals surface area contributed by atoms with Gasteiger partial charge in [0.15, 0.2) is 0 Å². The van der Waals surface area contributed by atoms with E-state index in [1.54, 1.807) is 0 Å². The predicted octanol–water partition coefficient (Wildman–Crippen LogP) is 2.38. The Hall–Kier alpha value is -0.940. The van der Waals surface area contributed by atoms with Crippen molar-refractivity contribution in [3.63, 3.8) is 0 Å². The van der Waals surface area contributed by atoms with Gasteiger partial charge in [0.05, 0.1) is 11.6 Å². The second kappa shape index (κ2) is 4.07. The Balaban J connectivity index is 1.98. The van der Waals surface area contributed by atoms with Crippen molar-refractivity contribution >= 4 is 27.0 Å². The van der Waals surface area contributed by atoms with Gasteiger partial charge in [-0.05, 0) is 31.2 Å². The summed E-state index contributed by atoms with van der Waals surface area (Å²) in [5.41, 5.74) is 3.32. The minimum absolute atomic E-state index is 0.481. The fourth-order valence-corrected chi connectivity index (χ4v) is 2.62. The molecule has 90 valence electrons. The van der Waals surface area contributed by atoms with Crippen LogP contribution in [0.1, 0.15) is 18.5 Å². The molecule has 0 unspecified atom stereocenters. The zero-order chi connectivity index (χ0) is 12.0. The van der Waals surface area contributed by atoms with Crippen LogP contribution in [0.5, 0.6) is 0 Å². The number of likely N-dealkylation sites (tertiary alicyclic amines) is 1. The van der Waals surface area contributed by atoms with E-state index in [9.17, 15) is 0 Å². The largest absolute Gasteiger partial charge is 0.299 e. The Morgan fingerprint density at radius 2 is 2.18 bits per heavy atom. The molecule has 1 saturated heterocycles. The van der Waals surface area contributed by atoms with Crippen LogP contribution >= 0.6 is 15.9 Å². The van der Waals surface area contributed by atoms with Gasteiger partial charge in [-0.25, -0.2) is 4.68 Å². The number of likely N-dealkylation sites (N-methyl/N-ethyl adjacent to an activating group) is 1. The third kappa shape index (κ3) is 1.77. The summed E-state index contributed by atoms with van der Waals surface area (Å²) in [4.78, 5) is 2.40. The minimum atomic E-state index is 0.481. The van der Waals surface area contributed by atoms with Crippen LogP contribution in [0, 0.1) is 6.92 Å². The molecule has 1 aromatic heterocycles. The predicted molar refractivity (Wildman–Crippen MR) is 71.1 cm³/mol. The third-order valence-corrected chi connectivity index (χ3v) is 4.34. The average molecular weight is 295 g/mol. The van der Waals surface area contributed by atoms with E-state index in [0.717, 1.165) is 35.1 Å². The van der Waals surface area contributed by atoms with Crippen molar-refractivity contribution in [2.45, 2.75) is 19.9 Å². The molecule has 1 aromatic carbocycles. The number of hydrogen-bond acceptors (Lipinski definition) is 3. The Bertz CT molecular complexity index is 557. The zero-order valence-corrected chi connectivity index (χ0v) is 11.6. The number of halogens is 1. The van der Waals surface area contributed by atoms with E-state index in [2.05, 4.69) is 61.8 Å². The smallest absolute Gasteiger partial charge is 0.113 e. The highest BCUT2D eigenvalue weighted by Crippen LogP contribution is 2.27. The lowest BCUT2D eigenvalue weighted by Gasteiger charge is -2.38. The molecule has 2 heterocycles. The molecule has 2 aromatic rings. The van der Waals surface area contributed by atoms with Crippen LogP contribution in [-0.4, -0.2) is 39.5 Å². The van der Waals surface area contributed by atoms with Crippen molar-refractivity contribution < 1.29 is 0 Å². The van der Waals surface area contributed by atoms with Gasteiger partial charge in [0.25, 0.3) is 0 Å². The molecular formula is C12H15BrN4. The molecule has 0 radical (unpaired) electrons. The van der Waals surface area contributed by atoms with Crippen LogP contribution in [0.25, 0.3) is 11.0 Å². The molecule has 3 rings (SSSR count). The molecule has 0 bridgehead atoms. The number of aromatic nitrogens is 3. The lowest BCUT2D eigenvalue weighted by molar-refractivity contribution is 0.107. The summed E-state index contributed by atoms with van der Waals surface area (Å²) < 4.78 is 3.19. The lowest BCUT2D eigenvalue weighted by atomic mass is 10.1. The fraction of sp³-hybridized carbons (Fsp3) is 0.500. The van der Waals surface area contributed by atoms with Crippen LogP contribution < -0.4 is 0 Å². The number of hydrogen-bond donors (Lipinski definition) is 0. The van der Waals surface area contributed by atoms with Gasteiger partial charge >= 0.3 is 0 Å². The molecule has 0 spiro atoms. The van der Waals surface area contributed by atoms with E-state index < -0.39 is 0 Å². The molecule has 0 N–H and O–H groups in total. The van der Waals surface area contributed by atoms with Crippen molar-refractivity contribution in [2.24, 2.45) is 0 Å². The van der Waals surface area contributed by atoms with Gasteiger partial charge in [-0.2, -0.15) is 0 Å². The highest BCUT2D eigenvalue weighted by Gasteiger charge is 2.28. The number of benzene rings is 1.